The highest BCUT2D eigenvalue weighted by Crippen LogP contribution is 2.25. The molecule has 5 heteroatoms. The smallest absolute Gasteiger partial charge is 0.335 e. The molecule has 1 aliphatic carbocycles. The summed E-state index contributed by atoms with van der Waals surface area (Å²) < 4.78 is 0. The molecule has 0 unspecified atom stereocenters. The van der Waals surface area contributed by atoms with E-state index in [0.29, 0.717) is 5.69 Å². The Balaban J connectivity index is 2.13. The molecule has 5 nitrogen and oxygen atoms in total. The summed E-state index contributed by atoms with van der Waals surface area (Å²) in [5, 5.41) is 23.2. The Morgan fingerprint density at radius 3 is 2.90 bits per heavy atom. The molecule has 1 atom stereocenters. The second kappa shape index (κ2) is 5.77. The molecule has 1 aromatic rings. The number of nitrogens with one attached hydrogen (secondary N) is 1. The standard InChI is InChI=1S/C15H17NO4/c1-9-3-2-4-10(14(9)18)8-16-11-5-6-12(15(19)20)13(17)7-11/h5-9,16-17H,2-4H2,1H3,(H,19,20)/p-1/b10-8+/t9-/m0/s1. The maximum Gasteiger partial charge on any atom is 0.335 e. The van der Waals surface area contributed by atoms with Crippen LogP contribution in [0.4, 0.5) is 5.69 Å². The lowest BCUT2D eigenvalue weighted by molar-refractivity contribution is -0.268. The topological polar surface area (TPSA) is 89.5 Å². The van der Waals surface area contributed by atoms with Crippen molar-refractivity contribution in [3.63, 3.8) is 0 Å². The molecule has 0 aromatic heterocycles. The van der Waals surface area contributed by atoms with Crippen molar-refractivity contribution in [2.24, 2.45) is 5.92 Å². The Labute approximate surface area is 116 Å². The van der Waals surface area contributed by atoms with E-state index in [2.05, 4.69) is 5.32 Å². The number of hydrogen-bond donors (Lipinski definition) is 2. The maximum absolute atomic E-state index is 11.9. The molecule has 2 rings (SSSR count). The summed E-state index contributed by atoms with van der Waals surface area (Å²) >= 11 is 0. The number of allylic oxidation sites excluding steroid dienone is 1. The first kappa shape index (κ1) is 14.1. The Kier molecular flexibility index (Phi) is 4.08. The molecule has 0 bridgehead atoms. The number of carboxylic acids is 1. The van der Waals surface area contributed by atoms with Crippen molar-refractivity contribution in [2.75, 3.05) is 5.32 Å². The van der Waals surface area contributed by atoms with E-state index in [1.807, 2.05) is 6.92 Å². The summed E-state index contributed by atoms with van der Waals surface area (Å²) in [6.45, 7) is 1.91. The number of Topliss-reactive ketones (excluding diaryl/α,β-unsaturated/α-hetero) is 1. The number of anilines is 1. The van der Waals surface area contributed by atoms with Gasteiger partial charge in [-0.1, -0.05) is 12.7 Å². The van der Waals surface area contributed by atoms with E-state index in [0.717, 1.165) is 24.8 Å². The number of ketones is 1. The Morgan fingerprint density at radius 2 is 2.25 bits per heavy atom. The fourth-order valence-electron chi connectivity index (χ4n) is 2.27. The summed E-state index contributed by atoms with van der Waals surface area (Å²) in [6, 6.07) is 3.99. The molecule has 0 amide bonds. The molecule has 1 aromatic carbocycles. The number of rotatable bonds is 3. The SMILES string of the molecule is C[C@H]1CCC/C(=C\Nc2ccc(C(=O)O)c([O-])c2)C1=O. The van der Waals surface area contributed by atoms with Gasteiger partial charge in [-0.25, -0.2) is 4.79 Å². The second-order valence-corrected chi connectivity index (χ2v) is 4.99. The van der Waals surface area contributed by atoms with E-state index >= 15 is 0 Å². The van der Waals surface area contributed by atoms with E-state index in [4.69, 9.17) is 5.11 Å². The van der Waals surface area contributed by atoms with Crippen molar-refractivity contribution in [1.29, 1.82) is 0 Å². The first-order valence-corrected chi connectivity index (χ1v) is 6.53. The average Bonchev–Trinajstić information content (AvgIpc) is 2.40. The second-order valence-electron chi connectivity index (χ2n) is 4.99. The summed E-state index contributed by atoms with van der Waals surface area (Å²) in [7, 11) is 0. The van der Waals surface area contributed by atoms with Gasteiger partial charge in [0.05, 0.1) is 5.56 Å². The average molecular weight is 274 g/mol. The van der Waals surface area contributed by atoms with Gasteiger partial charge < -0.3 is 15.5 Å². The summed E-state index contributed by atoms with van der Waals surface area (Å²) in [4.78, 5) is 22.6. The van der Waals surface area contributed by atoms with Crippen molar-refractivity contribution < 1.29 is 19.8 Å². The van der Waals surface area contributed by atoms with Gasteiger partial charge in [-0.05, 0) is 37.5 Å². The largest absolute Gasteiger partial charge is 0.872 e. The predicted octanol–water partition coefficient (Wildman–Crippen LogP) is 2.14. The van der Waals surface area contributed by atoms with Crippen LogP contribution in [0.15, 0.2) is 30.0 Å². The van der Waals surface area contributed by atoms with Gasteiger partial charge >= 0.3 is 5.97 Å². The molecular weight excluding hydrogens is 258 g/mol. The number of carboxylic acid groups (broad SMARTS) is 1. The molecule has 0 spiro atoms. The van der Waals surface area contributed by atoms with Crippen LogP contribution in [-0.2, 0) is 4.79 Å². The van der Waals surface area contributed by atoms with Gasteiger partial charge in [-0.15, -0.1) is 0 Å². The third-order valence-electron chi connectivity index (χ3n) is 3.47. The molecule has 2 N–H and O–H groups in total. The monoisotopic (exact) mass is 274 g/mol. The number of hydrogen-bond acceptors (Lipinski definition) is 4. The molecule has 1 aliphatic rings. The highest BCUT2D eigenvalue weighted by molar-refractivity contribution is 5.98. The third kappa shape index (κ3) is 2.99. The number of carbonyl (C=O) groups is 2. The number of benzene rings is 1. The van der Waals surface area contributed by atoms with Gasteiger partial charge in [0.25, 0.3) is 0 Å². The van der Waals surface area contributed by atoms with Crippen molar-refractivity contribution in [1.82, 2.24) is 0 Å². The van der Waals surface area contributed by atoms with Crippen LogP contribution in [0.5, 0.6) is 5.75 Å². The van der Waals surface area contributed by atoms with Gasteiger partial charge in [0.15, 0.2) is 5.78 Å². The van der Waals surface area contributed by atoms with Gasteiger partial charge in [0.2, 0.25) is 0 Å². The van der Waals surface area contributed by atoms with Crippen LogP contribution in [0.25, 0.3) is 0 Å². The lowest BCUT2D eigenvalue weighted by atomic mass is 9.86. The molecule has 0 saturated heterocycles. The van der Waals surface area contributed by atoms with Crippen molar-refractivity contribution in [3.8, 4) is 5.75 Å². The molecule has 0 radical (unpaired) electrons. The van der Waals surface area contributed by atoms with Crippen LogP contribution in [0, 0.1) is 5.92 Å². The zero-order chi connectivity index (χ0) is 14.7. The van der Waals surface area contributed by atoms with Crippen molar-refractivity contribution in [3.05, 3.63) is 35.5 Å². The molecule has 1 saturated carbocycles. The minimum absolute atomic E-state index is 0.0428. The first-order valence-electron chi connectivity index (χ1n) is 6.53. The van der Waals surface area contributed by atoms with E-state index in [9.17, 15) is 14.7 Å². The van der Waals surface area contributed by atoms with Gasteiger partial charge in [-0.3, -0.25) is 4.79 Å². The van der Waals surface area contributed by atoms with Crippen LogP contribution in [0.1, 0.15) is 36.5 Å². The first-order chi connectivity index (χ1) is 9.49. The maximum atomic E-state index is 11.9. The lowest BCUT2D eigenvalue weighted by Crippen LogP contribution is -2.19. The van der Waals surface area contributed by atoms with Crippen LogP contribution in [0.3, 0.4) is 0 Å². The lowest BCUT2D eigenvalue weighted by Gasteiger charge is -2.19. The van der Waals surface area contributed by atoms with E-state index in [1.165, 1.54) is 18.2 Å². The quantitative estimate of drug-likeness (QED) is 0.824. The predicted molar refractivity (Wildman–Crippen MR) is 72.6 cm³/mol. The minimum Gasteiger partial charge on any atom is -0.872 e. The number of aromatic carboxylic acids is 1. The van der Waals surface area contributed by atoms with E-state index in [-0.39, 0.29) is 17.3 Å². The van der Waals surface area contributed by atoms with Crippen LogP contribution < -0.4 is 10.4 Å². The Morgan fingerprint density at radius 1 is 1.50 bits per heavy atom. The van der Waals surface area contributed by atoms with E-state index < -0.39 is 11.7 Å². The molecule has 0 aliphatic heterocycles. The van der Waals surface area contributed by atoms with Gasteiger partial charge in [0.1, 0.15) is 0 Å². The van der Waals surface area contributed by atoms with Crippen LogP contribution in [0.2, 0.25) is 0 Å². The highest BCUT2D eigenvalue weighted by Gasteiger charge is 2.22. The molecule has 106 valence electrons. The summed E-state index contributed by atoms with van der Waals surface area (Å²) in [5.41, 5.74) is 0.947. The molecule has 0 heterocycles. The Hall–Kier alpha value is -2.30. The van der Waals surface area contributed by atoms with Crippen molar-refractivity contribution >= 4 is 17.4 Å². The Bertz CT molecular complexity index is 577. The van der Waals surface area contributed by atoms with Crippen molar-refractivity contribution in [2.45, 2.75) is 26.2 Å². The summed E-state index contributed by atoms with van der Waals surface area (Å²) in [5.74, 6) is -1.62. The highest BCUT2D eigenvalue weighted by atomic mass is 16.4. The van der Waals surface area contributed by atoms with Gasteiger partial charge in [0, 0.05) is 23.4 Å². The summed E-state index contributed by atoms with van der Waals surface area (Å²) in [6.07, 6.45) is 4.24. The fraction of sp³-hybridized carbons (Fsp3) is 0.333. The third-order valence-corrected chi connectivity index (χ3v) is 3.47. The van der Waals surface area contributed by atoms with Crippen LogP contribution >= 0.6 is 0 Å². The normalized spacial score (nSPS) is 20.9. The molecule has 1 fully saturated rings. The zero-order valence-electron chi connectivity index (χ0n) is 11.2. The minimum atomic E-state index is -1.24. The van der Waals surface area contributed by atoms with E-state index in [1.54, 1.807) is 6.20 Å². The van der Waals surface area contributed by atoms with Crippen LogP contribution in [-0.4, -0.2) is 16.9 Å². The van der Waals surface area contributed by atoms with Gasteiger partial charge in [-0.2, -0.15) is 0 Å². The molecule has 20 heavy (non-hydrogen) atoms. The zero-order valence-corrected chi connectivity index (χ0v) is 11.2. The number of carbonyl (C=O) groups excluding carboxylic acids is 1. The molecular formula is C15H16NO4-. The fourth-order valence-corrected chi connectivity index (χ4v) is 2.27.